The maximum atomic E-state index is 12.0. The molecule has 168 valence electrons. The first-order chi connectivity index (χ1) is 14.8. The minimum atomic E-state index is -3.23. The Bertz CT molecular complexity index is 1150. The minimum absolute atomic E-state index is 0.0159. The number of piperidine rings is 1. The monoisotopic (exact) mass is 511 g/mol. The minimum Gasteiger partial charge on any atom is -0.366 e. The van der Waals surface area contributed by atoms with Gasteiger partial charge in [-0.15, -0.1) is 0 Å². The highest BCUT2D eigenvalue weighted by Crippen LogP contribution is 2.30. The van der Waals surface area contributed by atoms with E-state index in [2.05, 4.69) is 26.3 Å². The third-order valence-electron chi connectivity index (χ3n) is 5.04. The van der Waals surface area contributed by atoms with E-state index in [1.54, 1.807) is 29.2 Å². The number of sulfonamides is 1. The van der Waals surface area contributed by atoms with Crippen molar-refractivity contribution in [2.75, 3.05) is 24.7 Å². The highest BCUT2D eigenvalue weighted by molar-refractivity contribution is 9.10. The van der Waals surface area contributed by atoms with E-state index in [-0.39, 0.29) is 5.92 Å². The van der Waals surface area contributed by atoms with Crippen molar-refractivity contribution in [3.8, 4) is 0 Å². The predicted octanol–water partition coefficient (Wildman–Crippen LogP) is 2.79. The average Bonchev–Trinajstić information content (AvgIpc) is 3.14. The van der Waals surface area contributed by atoms with Gasteiger partial charge in [-0.05, 0) is 34.8 Å². The normalized spacial score (nSPS) is 17.2. The largest absolute Gasteiger partial charge is 0.366 e. The van der Waals surface area contributed by atoms with Crippen LogP contribution in [-0.2, 0) is 16.6 Å². The number of rotatable bonds is 5. The molecule has 9 nitrogen and oxygen atoms in total. The molecule has 0 saturated carbocycles. The molecule has 0 bridgehead atoms. The van der Waals surface area contributed by atoms with Gasteiger partial charge in [0.2, 0.25) is 22.4 Å². The van der Waals surface area contributed by atoms with Gasteiger partial charge in [0.1, 0.15) is 5.82 Å². The molecular formula is C20H28BrN6O3S+. The van der Waals surface area contributed by atoms with Gasteiger partial charge in [-0.25, -0.2) is 17.7 Å². The van der Waals surface area contributed by atoms with Gasteiger partial charge in [-0.1, -0.05) is 13.8 Å². The van der Waals surface area contributed by atoms with Crippen molar-refractivity contribution in [2.24, 2.45) is 0 Å². The number of hydrogen-bond acceptors (Lipinski definition) is 6. The van der Waals surface area contributed by atoms with Crippen LogP contribution < -0.4 is 10.0 Å². The molecule has 1 unspecified atom stereocenters. The molecular weight excluding hydrogens is 484 g/mol. The Kier molecular flexibility index (Phi) is 7.50. The number of nitrogens with zero attached hydrogens (tertiary/aromatic N) is 5. The molecule has 1 atom stereocenters. The lowest BCUT2D eigenvalue weighted by atomic mass is 9.96. The fourth-order valence-electron chi connectivity index (χ4n) is 3.58. The van der Waals surface area contributed by atoms with Gasteiger partial charge in [0.15, 0.2) is 5.65 Å². The molecule has 1 saturated heterocycles. The Morgan fingerprint density at radius 2 is 2.16 bits per heavy atom. The number of hydrogen-bond donors (Lipinski definition) is 2. The second kappa shape index (κ2) is 9.92. The molecule has 0 aliphatic carbocycles. The van der Waals surface area contributed by atoms with E-state index in [4.69, 9.17) is 4.98 Å². The van der Waals surface area contributed by atoms with Crippen LogP contribution in [0.25, 0.3) is 5.65 Å². The summed E-state index contributed by atoms with van der Waals surface area (Å²) < 4.78 is 29.0. The van der Waals surface area contributed by atoms with E-state index >= 15 is 0 Å². The summed E-state index contributed by atoms with van der Waals surface area (Å²) in [4.78, 5) is 4.75. The molecule has 0 radical (unpaired) electrons. The topological polar surface area (TPSA) is 104 Å². The summed E-state index contributed by atoms with van der Waals surface area (Å²) in [7, 11) is -3.23. The summed E-state index contributed by atoms with van der Waals surface area (Å²) >= 11 is 3.49. The van der Waals surface area contributed by atoms with E-state index in [9.17, 15) is 13.6 Å². The van der Waals surface area contributed by atoms with Gasteiger partial charge in [-0.3, -0.25) is 5.21 Å². The molecule has 31 heavy (non-hydrogen) atoms. The molecule has 11 heteroatoms. The van der Waals surface area contributed by atoms with Gasteiger partial charge >= 0.3 is 0 Å². The van der Waals surface area contributed by atoms with Crippen LogP contribution in [0.2, 0.25) is 0 Å². The fraction of sp³-hybridized carbons (Fsp3) is 0.450. The molecule has 1 aliphatic rings. The zero-order chi connectivity index (χ0) is 22.6. The van der Waals surface area contributed by atoms with Crippen molar-refractivity contribution in [3.05, 3.63) is 52.5 Å². The Morgan fingerprint density at radius 1 is 1.39 bits per heavy atom. The van der Waals surface area contributed by atoms with Crippen LogP contribution in [0.1, 0.15) is 43.9 Å². The van der Waals surface area contributed by atoms with Crippen molar-refractivity contribution in [1.29, 1.82) is 0 Å². The SMILES string of the molecule is CC.CS(=O)(=O)N1CCCC(c2cc(NCc3ccc[n+](O)c3)n3ncc(Br)c3n2)C1. The lowest BCUT2D eigenvalue weighted by Crippen LogP contribution is -2.38. The maximum absolute atomic E-state index is 12.0. The highest BCUT2D eigenvalue weighted by Gasteiger charge is 2.28. The van der Waals surface area contributed by atoms with E-state index in [0.29, 0.717) is 25.3 Å². The van der Waals surface area contributed by atoms with Gasteiger partial charge in [0.05, 0.1) is 22.6 Å². The van der Waals surface area contributed by atoms with Crippen molar-refractivity contribution in [2.45, 2.75) is 39.2 Å². The Hall–Kier alpha value is -2.24. The molecule has 0 amide bonds. The second-order valence-electron chi connectivity index (χ2n) is 7.20. The van der Waals surface area contributed by atoms with Gasteiger partial charge < -0.3 is 5.32 Å². The number of anilines is 1. The first-order valence-corrected chi connectivity index (χ1v) is 12.9. The van der Waals surface area contributed by atoms with Crippen LogP contribution in [-0.4, -0.2) is 51.9 Å². The van der Waals surface area contributed by atoms with Crippen LogP contribution in [0.4, 0.5) is 5.82 Å². The highest BCUT2D eigenvalue weighted by atomic mass is 79.9. The number of aromatic nitrogens is 4. The molecule has 3 aromatic rings. The lowest BCUT2D eigenvalue weighted by Gasteiger charge is -2.30. The molecule has 0 spiro atoms. The first kappa shape index (κ1) is 23.4. The number of fused-ring (bicyclic) bond motifs is 1. The van der Waals surface area contributed by atoms with Crippen LogP contribution in [0.5, 0.6) is 0 Å². The summed E-state index contributed by atoms with van der Waals surface area (Å²) in [5.41, 5.74) is 2.40. The lowest BCUT2D eigenvalue weighted by molar-refractivity contribution is -0.905. The number of pyridine rings is 1. The van der Waals surface area contributed by atoms with Crippen LogP contribution in [0, 0.1) is 0 Å². The van der Waals surface area contributed by atoms with Gasteiger partial charge in [-0.2, -0.15) is 9.61 Å². The molecule has 0 aromatic carbocycles. The Labute approximate surface area is 190 Å². The Morgan fingerprint density at radius 3 is 2.87 bits per heavy atom. The maximum Gasteiger partial charge on any atom is 0.227 e. The average molecular weight is 512 g/mol. The fourth-order valence-corrected chi connectivity index (χ4v) is 4.84. The van der Waals surface area contributed by atoms with Crippen LogP contribution in [0.3, 0.4) is 0 Å². The molecule has 4 heterocycles. The predicted molar refractivity (Wildman–Crippen MR) is 122 cm³/mol. The molecule has 1 aliphatic heterocycles. The van der Waals surface area contributed by atoms with Gasteiger partial charge in [0.25, 0.3) is 0 Å². The van der Waals surface area contributed by atoms with Crippen molar-refractivity contribution >= 4 is 37.4 Å². The van der Waals surface area contributed by atoms with E-state index in [0.717, 1.165) is 39.1 Å². The molecule has 1 fully saturated rings. The summed E-state index contributed by atoms with van der Waals surface area (Å²) in [6.45, 7) is 5.46. The van der Waals surface area contributed by atoms with Gasteiger partial charge in [0, 0.05) is 48.0 Å². The zero-order valence-electron chi connectivity index (χ0n) is 17.9. The van der Waals surface area contributed by atoms with E-state index in [1.165, 1.54) is 10.6 Å². The van der Waals surface area contributed by atoms with Crippen LogP contribution in [0.15, 0.2) is 41.3 Å². The summed E-state index contributed by atoms with van der Waals surface area (Å²) in [6.07, 6.45) is 7.78. The van der Waals surface area contributed by atoms with E-state index in [1.807, 2.05) is 26.0 Å². The molecule has 3 aromatic heterocycles. The van der Waals surface area contributed by atoms with Crippen molar-refractivity contribution < 1.29 is 18.4 Å². The number of nitrogens with one attached hydrogen (secondary N) is 1. The third-order valence-corrected chi connectivity index (χ3v) is 6.87. The smallest absolute Gasteiger partial charge is 0.227 e. The summed E-state index contributed by atoms with van der Waals surface area (Å²) in [5, 5.41) is 17.3. The standard InChI is InChI=1S/C18H22BrN6O3S.C2H6/c1-29(27,28)24-7-3-5-14(12-24)16-8-17(25-18(22-16)15(19)10-21-25)20-9-13-4-2-6-23(26)11-13;1-2/h2,4,6,8,10-11,14,20,26H,3,5,7,9,12H2,1H3;1-2H3/q+1;. The Balaban J connectivity index is 0.00000132. The summed E-state index contributed by atoms with van der Waals surface area (Å²) in [5.74, 6) is 0.766. The zero-order valence-corrected chi connectivity index (χ0v) is 20.3. The summed E-state index contributed by atoms with van der Waals surface area (Å²) in [6, 6.07) is 5.60. The van der Waals surface area contributed by atoms with Crippen molar-refractivity contribution in [3.63, 3.8) is 0 Å². The first-order valence-electron chi connectivity index (χ1n) is 10.2. The third kappa shape index (κ3) is 5.52. The second-order valence-corrected chi connectivity index (χ2v) is 10.0. The van der Waals surface area contributed by atoms with E-state index < -0.39 is 10.0 Å². The molecule has 4 rings (SSSR count). The van der Waals surface area contributed by atoms with Crippen molar-refractivity contribution in [1.82, 2.24) is 18.9 Å². The van der Waals surface area contributed by atoms with Crippen LogP contribution >= 0.6 is 15.9 Å². The number of halogens is 1. The molecule has 2 N–H and O–H groups in total. The quantitative estimate of drug-likeness (QED) is 0.403.